The molecule has 20 heavy (non-hydrogen) atoms. The molecule has 1 aliphatic rings. The van der Waals surface area contributed by atoms with Gasteiger partial charge in [-0.25, -0.2) is 0 Å². The lowest BCUT2D eigenvalue weighted by atomic mass is 9.95. The molecule has 1 heterocycles. The lowest BCUT2D eigenvalue weighted by Gasteiger charge is -2.29. The number of amides is 1. The summed E-state index contributed by atoms with van der Waals surface area (Å²) in [5, 5.41) is 3.35. The van der Waals surface area contributed by atoms with Crippen molar-refractivity contribution in [1.29, 1.82) is 0 Å². The van der Waals surface area contributed by atoms with Crippen LogP contribution in [-0.4, -0.2) is 56.0 Å². The van der Waals surface area contributed by atoms with Crippen LogP contribution in [0.15, 0.2) is 24.3 Å². The summed E-state index contributed by atoms with van der Waals surface area (Å²) in [4.78, 5) is 16.4. The van der Waals surface area contributed by atoms with E-state index in [1.54, 1.807) is 0 Å². The molecule has 2 rings (SSSR count). The molecule has 0 spiro atoms. The first-order chi connectivity index (χ1) is 9.58. The zero-order valence-corrected chi connectivity index (χ0v) is 12.7. The Morgan fingerprint density at radius 3 is 2.60 bits per heavy atom. The molecular weight excluding hydrogens is 250 g/mol. The summed E-state index contributed by atoms with van der Waals surface area (Å²) < 4.78 is 0. The Balaban J connectivity index is 1.87. The first-order valence-electron chi connectivity index (χ1n) is 7.28. The van der Waals surface area contributed by atoms with Gasteiger partial charge in [0.15, 0.2) is 0 Å². The molecule has 0 aliphatic carbocycles. The van der Waals surface area contributed by atoms with Gasteiger partial charge in [-0.1, -0.05) is 24.3 Å². The van der Waals surface area contributed by atoms with Crippen LogP contribution in [0, 0.1) is 0 Å². The lowest BCUT2D eigenvalue weighted by molar-refractivity contribution is -0.132. The largest absolute Gasteiger partial charge is 0.344 e. The van der Waals surface area contributed by atoms with Crippen molar-refractivity contribution in [2.45, 2.75) is 25.4 Å². The third kappa shape index (κ3) is 3.81. The first-order valence-corrected chi connectivity index (χ1v) is 7.28. The van der Waals surface area contributed by atoms with E-state index in [9.17, 15) is 4.79 Å². The Morgan fingerprint density at radius 1 is 1.20 bits per heavy atom. The molecule has 0 bridgehead atoms. The topological polar surface area (TPSA) is 35.6 Å². The van der Waals surface area contributed by atoms with E-state index in [-0.39, 0.29) is 11.9 Å². The van der Waals surface area contributed by atoms with E-state index in [1.165, 1.54) is 11.1 Å². The highest BCUT2D eigenvalue weighted by atomic mass is 16.2. The van der Waals surface area contributed by atoms with Gasteiger partial charge in [0.1, 0.15) is 0 Å². The highest BCUT2D eigenvalue weighted by molar-refractivity contribution is 5.82. The summed E-state index contributed by atoms with van der Waals surface area (Å²) in [6.07, 6.45) is 1.81. The second-order valence-corrected chi connectivity index (χ2v) is 5.82. The van der Waals surface area contributed by atoms with Crippen molar-refractivity contribution in [2.75, 3.05) is 34.2 Å². The third-order valence-corrected chi connectivity index (χ3v) is 3.85. The minimum Gasteiger partial charge on any atom is -0.344 e. The number of rotatable bonds is 5. The van der Waals surface area contributed by atoms with Gasteiger partial charge in [0.2, 0.25) is 5.91 Å². The molecule has 4 heteroatoms. The number of hydrogen-bond donors (Lipinski definition) is 1. The average molecular weight is 275 g/mol. The van der Waals surface area contributed by atoms with Crippen molar-refractivity contribution in [3.8, 4) is 0 Å². The van der Waals surface area contributed by atoms with Crippen molar-refractivity contribution in [3.63, 3.8) is 0 Å². The third-order valence-electron chi connectivity index (χ3n) is 3.85. The normalized spacial score (nSPS) is 17.9. The van der Waals surface area contributed by atoms with Gasteiger partial charge in [0, 0.05) is 20.1 Å². The van der Waals surface area contributed by atoms with E-state index in [1.807, 2.05) is 18.0 Å². The predicted molar refractivity (Wildman–Crippen MR) is 81.6 cm³/mol. The van der Waals surface area contributed by atoms with E-state index >= 15 is 0 Å². The minimum absolute atomic E-state index is 0.0748. The highest BCUT2D eigenvalue weighted by Crippen LogP contribution is 2.17. The molecule has 4 nitrogen and oxygen atoms in total. The molecule has 0 radical (unpaired) electrons. The Bertz CT molecular complexity index is 459. The number of benzene rings is 1. The smallest absolute Gasteiger partial charge is 0.239 e. The van der Waals surface area contributed by atoms with Crippen molar-refractivity contribution in [1.82, 2.24) is 15.1 Å². The van der Waals surface area contributed by atoms with E-state index in [0.717, 1.165) is 32.5 Å². The highest BCUT2D eigenvalue weighted by Gasteiger charge is 2.25. The number of carbonyl (C=O) groups is 1. The van der Waals surface area contributed by atoms with Crippen LogP contribution in [0.4, 0.5) is 0 Å². The summed E-state index contributed by atoms with van der Waals surface area (Å²) >= 11 is 0. The Kier molecular flexibility index (Phi) is 5.15. The van der Waals surface area contributed by atoms with Crippen molar-refractivity contribution in [3.05, 3.63) is 35.4 Å². The second-order valence-electron chi connectivity index (χ2n) is 5.82. The van der Waals surface area contributed by atoms with Crippen LogP contribution < -0.4 is 5.32 Å². The minimum atomic E-state index is -0.0748. The van der Waals surface area contributed by atoms with E-state index in [0.29, 0.717) is 0 Å². The number of nitrogens with zero attached hydrogens (tertiary/aromatic N) is 2. The molecule has 1 aromatic rings. The Morgan fingerprint density at radius 2 is 1.90 bits per heavy atom. The van der Waals surface area contributed by atoms with Gasteiger partial charge in [0.25, 0.3) is 0 Å². The fraction of sp³-hybridized carbons (Fsp3) is 0.562. The van der Waals surface area contributed by atoms with E-state index in [4.69, 9.17) is 0 Å². The van der Waals surface area contributed by atoms with Crippen LogP contribution in [0.3, 0.4) is 0 Å². The number of hydrogen-bond acceptors (Lipinski definition) is 3. The molecule has 0 aromatic heterocycles. The van der Waals surface area contributed by atoms with Gasteiger partial charge in [-0.2, -0.15) is 0 Å². The van der Waals surface area contributed by atoms with Gasteiger partial charge in [-0.3, -0.25) is 4.79 Å². The zero-order chi connectivity index (χ0) is 14.5. The van der Waals surface area contributed by atoms with Crippen molar-refractivity contribution >= 4 is 5.91 Å². The van der Waals surface area contributed by atoms with Gasteiger partial charge in [0.05, 0.1) is 6.04 Å². The number of fused-ring (bicyclic) bond motifs is 1. The molecule has 0 unspecified atom stereocenters. The molecule has 0 saturated carbocycles. The fourth-order valence-electron chi connectivity index (χ4n) is 2.63. The summed E-state index contributed by atoms with van der Waals surface area (Å²) in [6, 6.07) is 8.28. The number of nitrogens with one attached hydrogen (secondary N) is 1. The molecule has 1 amide bonds. The fourth-order valence-corrected chi connectivity index (χ4v) is 2.63. The van der Waals surface area contributed by atoms with Crippen LogP contribution in [0.1, 0.15) is 17.5 Å². The summed E-state index contributed by atoms with van der Waals surface area (Å²) in [5.74, 6) is 0.207. The molecule has 0 saturated heterocycles. The van der Waals surface area contributed by atoms with Crippen LogP contribution in [0.5, 0.6) is 0 Å². The monoisotopic (exact) mass is 275 g/mol. The van der Waals surface area contributed by atoms with Gasteiger partial charge >= 0.3 is 0 Å². The zero-order valence-electron chi connectivity index (χ0n) is 12.7. The van der Waals surface area contributed by atoms with E-state index in [2.05, 4.69) is 42.5 Å². The molecule has 1 N–H and O–H groups in total. The maximum absolute atomic E-state index is 12.4. The molecule has 1 aliphatic heterocycles. The summed E-state index contributed by atoms with van der Waals surface area (Å²) in [7, 11) is 6.02. The molecule has 1 atom stereocenters. The van der Waals surface area contributed by atoms with Crippen LogP contribution in [0.2, 0.25) is 0 Å². The number of carbonyl (C=O) groups excluding carboxylic acids is 1. The predicted octanol–water partition coefficient (Wildman–Crippen LogP) is 1.11. The quantitative estimate of drug-likeness (QED) is 0.874. The molecule has 110 valence electrons. The van der Waals surface area contributed by atoms with Crippen molar-refractivity contribution in [2.24, 2.45) is 0 Å². The van der Waals surface area contributed by atoms with Crippen LogP contribution in [0.25, 0.3) is 0 Å². The average Bonchev–Trinajstić information content (AvgIpc) is 2.45. The number of likely N-dealkylation sites (N-methyl/N-ethyl adjacent to an activating group) is 1. The van der Waals surface area contributed by atoms with Crippen LogP contribution in [-0.2, 0) is 17.8 Å². The summed E-state index contributed by atoms with van der Waals surface area (Å²) in [5.41, 5.74) is 2.61. The Labute approximate surface area is 121 Å². The Hall–Kier alpha value is -1.39. The molecule has 1 aromatic carbocycles. The van der Waals surface area contributed by atoms with Gasteiger partial charge in [-0.05, 0) is 44.6 Å². The van der Waals surface area contributed by atoms with Crippen molar-refractivity contribution < 1.29 is 4.79 Å². The SMILES string of the molecule is CN(C)CCCN(C)C(=O)[C@H]1Cc2ccccc2CN1. The first kappa shape index (κ1) is 15.0. The van der Waals surface area contributed by atoms with Gasteiger partial charge < -0.3 is 15.1 Å². The van der Waals surface area contributed by atoms with Crippen LogP contribution >= 0.6 is 0 Å². The lowest BCUT2D eigenvalue weighted by Crippen LogP contribution is -2.48. The second kappa shape index (κ2) is 6.86. The van der Waals surface area contributed by atoms with Gasteiger partial charge in [-0.15, -0.1) is 0 Å². The maximum atomic E-state index is 12.4. The molecule has 0 fully saturated rings. The summed E-state index contributed by atoms with van der Waals surface area (Å²) in [6.45, 7) is 2.62. The maximum Gasteiger partial charge on any atom is 0.239 e. The van der Waals surface area contributed by atoms with E-state index < -0.39 is 0 Å². The molecular formula is C16H25N3O. The standard InChI is InChI=1S/C16H25N3O/c1-18(2)9-6-10-19(3)16(20)15-11-13-7-4-5-8-14(13)12-17-15/h4-5,7-8,15,17H,6,9-12H2,1-3H3/t15-/m1/s1.